The Morgan fingerprint density at radius 1 is 1.24 bits per heavy atom. The number of rotatable bonds is 3. The van der Waals surface area contributed by atoms with Gasteiger partial charge in [0.15, 0.2) is 0 Å². The standard InChI is InChI=1S/C13H9ClF3N3O/c14-8-4-9(6-20-5-8)21-11-2-1-7(13(15,16)17)3-10(11)12(18)19/h1-6H,(H3,18,19). The lowest BCUT2D eigenvalue weighted by molar-refractivity contribution is -0.137. The van der Waals surface area contributed by atoms with Gasteiger partial charge in [0.25, 0.3) is 0 Å². The van der Waals surface area contributed by atoms with Gasteiger partial charge >= 0.3 is 6.18 Å². The van der Waals surface area contributed by atoms with E-state index in [1.54, 1.807) is 0 Å². The maximum Gasteiger partial charge on any atom is 0.416 e. The Hall–Kier alpha value is -2.28. The summed E-state index contributed by atoms with van der Waals surface area (Å²) in [7, 11) is 0. The van der Waals surface area contributed by atoms with Crippen molar-refractivity contribution in [3.63, 3.8) is 0 Å². The normalized spacial score (nSPS) is 11.2. The predicted molar refractivity (Wildman–Crippen MR) is 71.8 cm³/mol. The van der Waals surface area contributed by atoms with E-state index in [-0.39, 0.29) is 17.1 Å². The number of nitrogens with one attached hydrogen (secondary N) is 1. The molecule has 0 unspecified atom stereocenters. The quantitative estimate of drug-likeness (QED) is 0.668. The van der Waals surface area contributed by atoms with Gasteiger partial charge in [-0.15, -0.1) is 0 Å². The molecule has 0 fully saturated rings. The predicted octanol–water partition coefficient (Wildman–Crippen LogP) is 3.83. The number of hydrogen-bond donors (Lipinski definition) is 2. The van der Waals surface area contributed by atoms with Crippen molar-refractivity contribution in [3.8, 4) is 11.5 Å². The van der Waals surface area contributed by atoms with Crippen molar-refractivity contribution in [1.29, 1.82) is 5.41 Å². The number of pyridine rings is 1. The van der Waals surface area contributed by atoms with Crippen molar-refractivity contribution in [2.45, 2.75) is 6.18 Å². The Kier molecular flexibility index (Phi) is 4.04. The van der Waals surface area contributed by atoms with Crippen LogP contribution in [0.3, 0.4) is 0 Å². The van der Waals surface area contributed by atoms with E-state index in [9.17, 15) is 13.2 Å². The van der Waals surface area contributed by atoms with Gasteiger partial charge in [0, 0.05) is 12.3 Å². The van der Waals surface area contributed by atoms with Crippen molar-refractivity contribution in [3.05, 3.63) is 52.8 Å². The number of hydrogen-bond acceptors (Lipinski definition) is 3. The third kappa shape index (κ3) is 3.63. The molecule has 0 saturated carbocycles. The summed E-state index contributed by atoms with van der Waals surface area (Å²) >= 11 is 5.74. The summed E-state index contributed by atoms with van der Waals surface area (Å²) < 4.78 is 43.4. The van der Waals surface area contributed by atoms with Gasteiger partial charge < -0.3 is 10.5 Å². The Morgan fingerprint density at radius 3 is 2.52 bits per heavy atom. The monoisotopic (exact) mass is 315 g/mol. The molecule has 0 radical (unpaired) electrons. The lowest BCUT2D eigenvalue weighted by Crippen LogP contribution is -2.15. The molecule has 2 rings (SSSR count). The number of ether oxygens (including phenoxy) is 1. The minimum atomic E-state index is -4.53. The Morgan fingerprint density at radius 2 is 1.95 bits per heavy atom. The Balaban J connectivity index is 2.42. The molecular weight excluding hydrogens is 307 g/mol. The number of nitrogen functional groups attached to an aromatic ring is 1. The van der Waals surface area contributed by atoms with Crippen LogP contribution in [0.5, 0.6) is 11.5 Å². The number of aromatic nitrogens is 1. The van der Waals surface area contributed by atoms with Gasteiger partial charge in [0.1, 0.15) is 17.3 Å². The van der Waals surface area contributed by atoms with Gasteiger partial charge in [0.2, 0.25) is 0 Å². The van der Waals surface area contributed by atoms with Crippen LogP contribution in [-0.2, 0) is 6.18 Å². The van der Waals surface area contributed by atoms with Crippen molar-refractivity contribution >= 4 is 17.4 Å². The molecule has 21 heavy (non-hydrogen) atoms. The molecule has 0 spiro atoms. The van der Waals surface area contributed by atoms with E-state index in [0.717, 1.165) is 18.2 Å². The van der Waals surface area contributed by atoms with Crippen LogP contribution in [-0.4, -0.2) is 10.8 Å². The van der Waals surface area contributed by atoms with Gasteiger partial charge in [-0.05, 0) is 18.2 Å². The fourth-order valence-corrected chi connectivity index (χ4v) is 1.74. The zero-order chi connectivity index (χ0) is 15.6. The molecule has 2 aromatic rings. The first kappa shape index (κ1) is 15.1. The molecule has 0 aliphatic rings. The maximum atomic E-state index is 12.7. The first-order chi connectivity index (χ1) is 9.77. The van der Waals surface area contributed by atoms with Crippen LogP contribution >= 0.6 is 11.6 Å². The summed E-state index contributed by atoms with van der Waals surface area (Å²) in [5.41, 5.74) is 4.23. The number of nitrogens with two attached hydrogens (primary N) is 1. The highest BCUT2D eigenvalue weighted by atomic mass is 35.5. The van der Waals surface area contributed by atoms with E-state index in [1.165, 1.54) is 18.5 Å². The number of alkyl halides is 3. The number of benzene rings is 1. The smallest absolute Gasteiger partial charge is 0.416 e. The highest BCUT2D eigenvalue weighted by Crippen LogP contribution is 2.34. The van der Waals surface area contributed by atoms with Crippen LogP contribution < -0.4 is 10.5 Å². The number of amidine groups is 1. The second kappa shape index (κ2) is 5.61. The highest BCUT2D eigenvalue weighted by Gasteiger charge is 2.31. The van der Waals surface area contributed by atoms with Crippen LogP contribution in [0, 0.1) is 5.41 Å². The topological polar surface area (TPSA) is 72.0 Å². The summed E-state index contributed by atoms with van der Waals surface area (Å²) in [5.74, 6) is -0.296. The molecule has 0 amide bonds. The van der Waals surface area contributed by atoms with E-state index in [4.69, 9.17) is 27.5 Å². The van der Waals surface area contributed by atoms with Crippen molar-refractivity contribution in [1.82, 2.24) is 4.98 Å². The molecule has 0 aliphatic carbocycles. The molecule has 0 atom stereocenters. The van der Waals surface area contributed by atoms with Crippen LogP contribution in [0.4, 0.5) is 13.2 Å². The number of nitrogens with zero attached hydrogens (tertiary/aromatic N) is 1. The molecule has 0 saturated heterocycles. The van der Waals surface area contributed by atoms with Crippen LogP contribution in [0.1, 0.15) is 11.1 Å². The van der Waals surface area contributed by atoms with Crippen molar-refractivity contribution < 1.29 is 17.9 Å². The largest absolute Gasteiger partial charge is 0.455 e. The van der Waals surface area contributed by atoms with Crippen molar-refractivity contribution in [2.24, 2.45) is 5.73 Å². The van der Waals surface area contributed by atoms with Crippen molar-refractivity contribution in [2.75, 3.05) is 0 Å². The minimum absolute atomic E-state index is 0.0135. The molecule has 8 heteroatoms. The van der Waals surface area contributed by atoms with Gasteiger partial charge in [-0.25, -0.2) is 0 Å². The fourth-order valence-electron chi connectivity index (χ4n) is 1.58. The average molecular weight is 316 g/mol. The molecule has 3 N–H and O–H groups in total. The third-order valence-electron chi connectivity index (χ3n) is 2.50. The second-order valence-corrected chi connectivity index (χ2v) is 4.50. The Bertz CT molecular complexity index is 689. The lowest BCUT2D eigenvalue weighted by atomic mass is 10.1. The SMILES string of the molecule is N=C(N)c1cc(C(F)(F)F)ccc1Oc1cncc(Cl)c1. The van der Waals surface area contributed by atoms with E-state index in [0.29, 0.717) is 5.02 Å². The molecular formula is C13H9ClF3N3O. The van der Waals surface area contributed by atoms with Gasteiger partial charge in [-0.1, -0.05) is 11.6 Å². The molecule has 110 valence electrons. The van der Waals surface area contributed by atoms with Gasteiger partial charge in [0.05, 0.1) is 22.3 Å². The van der Waals surface area contributed by atoms with Gasteiger partial charge in [-0.2, -0.15) is 13.2 Å². The number of halogens is 4. The molecule has 0 bridgehead atoms. The summed E-state index contributed by atoms with van der Waals surface area (Å²) in [5, 5.41) is 7.68. The van der Waals surface area contributed by atoms with Crippen LogP contribution in [0.15, 0.2) is 36.7 Å². The lowest BCUT2D eigenvalue weighted by Gasteiger charge is -2.13. The first-order valence-electron chi connectivity index (χ1n) is 5.61. The fraction of sp³-hybridized carbons (Fsp3) is 0.0769. The first-order valence-corrected chi connectivity index (χ1v) is 5.99. The summed E-state index contributed by atoms with van der Waals surface area (Å²) in [6.45, 7) is 0. The molecule has 4 nitrogen and oxygen atoms in total. The summed E-state index contributed by atoms with van der Waals surface area (Å²) in [6, 6.07) is 4.14. The van der Waals surface area contributed by atoms with E-state index < -0.39 is 17.6 Å². The third-order valence-corrected chi connectivity index (χ3v) is 2.71. The minimum Gasteiger partial charge on any atom is -0.455 e. The van der Waals surface area contributed by atoms with Crippen LogP contribution in [0.2, 0.25) is 5.02 Å². The summed E-state index contributed by atoms with van der Waals surface area (Å²) in [6.07, 6.45) is -1.80. The van der Waals surface area contributed by atoms with E-state index in [1.807, 2.05) is 0 Å². The van der Waals surface area contributed by atoms with Crippen LogP contribution in [0.25, 0.3) is 0 Å². The molecule has 1 aromatic carbocycles. The zero-order valence-electron chi connectivity index (χ0n) is 10.4. The highest BCUT2D eigenvalue weighted by molar-refractivity contribution is 6.30. The average Bonchev–Trinajstić information content (AvgIpc) is 2.37. The zero-order valence-corrected chi connectivity index (χ0v) is 11.2. The summed E-state index contributed by atoms with van der Waals surface area (Å²) in [4.78, 5) is 3.79. The van der Waals surface area contributed by atoms with E-state index >= 15 is 0 Å². The molecule has 1 aromatic heterocycles. The Labute approximate surface area is 122 Å². The van der Waals surface area contributed by atoms with Gasteiger partial charge in [-0.3, -0.25) is 10.4 Å². The second-order valence-electron chi connectivity index (χ2n) is 4.06. The van der Waals surface area contributed by atoms with E-state index in [2.05, 4.69) is 4.98 Å². The maximum absolute atomic E-state index is 12.7. The molecule has 1 heterocycles. The molecule has 0 aliphatic heterocycles.